The molecule has 7 heteroatoms. The lowest BCUT2D eigenvalue weighted by Crippen LogP contribution is -2.19. The van der Waals surface area contributed by atoms with E-state index in [1.54, 1.807) is 12.1 Å². The number of nitrogens with zero attached hydrogens (tertiary/aromatic N) is 2. The minimum atomic E-state index is -0.358. The van der Waals surface area contributed by atoms with E-state index in [0.717, 1.165) is 16.0 Å². The van der Waals surface area contributed by atoms with Crippen LogP contribution in [0.5, 0.6) is 17.2 Å². The number of para-hydroxylation sites is 2. The summed E-state index contributed by atoms with van der Waals surface area (Å²) in [6, 6.07) is 22.5. The number of benzene rings is 3. The molecule has 0 saturated heterocycles. The van der Waals surface area contributed by atoms with Gasteiger partial charge in [0.05, 0.1) is 29.0 Å². The summed E-state index contributed by atoms with van der Waals surface area (Å²) < 4.78 is 20.2. The van der Waals surface area contributed by atoms with Gasteiger partial charge in [-0.05, 0) is 56.3 Å². The van der Waals surface area contributed by atoms with Crippen LogP contribution in [-0.4, -0.2) is 30.3 Å². The Morgan fingerprint density at radius 3 is 2.52 bits per heavy atom. The summed E-state index contributed by atoms with van der Waals surface area (Å²) in [5, 5.41) is 0. The molecule has 0 radical (unpaired) electrons. The number of ether oxygens (including phenoxy) is 3. The molecule has 4 aromatic rings. The van der Waals surface area contributed by atoms with Gasteiger partial charge in [0, 0.05) is 13.2 Å². The lowest BCUT2D eigenvalue weighted by Gasteiger charge is -2.09. The molecule has 33 heavy (non-hydrogen) atoms. The van der Waals surface area contributed by atoms with Gasteiger partial charge in [0.25, 0.3) is 5.91 Å². The van der Waals surface area contributed by atoms with Crippen molar-refractivity contribution < 1.29 is 19.0 Å². The van der Waals surface area contributed by atoms with E-state index in [4.69, 9.17) is 14.2 Å². The van der Waals surface area contributed by atoms with Gasteiger partial charge in [-0.25, -0.2) is 0 Å². The predicted molar refractivity (Wildman–Crippen MR) is 130 cm³/mol. The van der Waals surface area contributed by atoms with Gasteiger partial charge in [-0.15, -0.1) is 0 Å². The van der Waals surface area contributed by atoms with Gasteiger partial charge < -0.3 is 18.8 Å². The second-order valence-electron chi connectivity index (χ2n) is 7.12. The summed E-state index contributed by atoms with van der Waals surface area (Å²) >= 11 is 1.45. The number of fused-ring (bicyclic) bond motifs is 1. The zero-order chi connectivity index (χ0) is 23.0. The highest BCUT2D eigenvalue weighted by Crippen LogP contribution is 2.26. The van der Waals surface area contributed by atoms with Crippen molar-refractivity contribution in [2.24, 2.45) is 4.99 Å². The van der Waals surface area contributed by atoms with Crippen molar-refractivity contribution in [3.05, 3.63) is 83.2 Å². The molecule has 0 saturated carbocycles. The van der Waals surface area contributed by atoms with Crippen molar-refractivity contribution in [2.45, 2.75) is 20.4 Å². The van der Waals surface area contributed by atoms with Crippen LogP contribution in [0, 0.1) is 0 Å². The first kappa shape index (κ1) is 22.8. The molecular formula is C26H26N2O4S. The van der Waals surface area contributed by atoms with E-state index in [9.17, 15) is 4.79 Å². The smallest absolute Gasteiger partial charge is 0.283 e. The van der Waals surface area contributed by atoms with Gasteiger partial charge in [-0.1, -0.05) is 41.7 Å². The quantitative estimate of drug-likeness (QED) is 0.301. The molecule has 0 fully saturated rings. The Morgan fingerprint density at radius 1 is 0.939 bits per heavy atom. The molecule has 6 nitrogen and oxygen atoms in total. The van der Waals surface area contributed by atoms with Crippen molar-refractivity contribution in [1.29, 1.82) is 0 Å². The third-order valence-corrected chi connectivity index (χ3v) is 5.96. The van der Waals surface area contributed by atoms with Crippen LogP contribution < -0.4 is 14.3 Å². The van der Waals surface area contributed by atoms with Crippen LogP contribution in [0.25, 0.3) is 10.2 Å². The minimum Gasteiger partial charge on any atom is -0.494 e. The molecule has 170 valence electrons. The molecule has 1 heterocycles. The highest BCUT2D eigenvalue weighted by molar-refractivity contribution is 7.16. The molecule has 0 spiro atoms. The standard InChI is InChI=1S/C26H26N2O4S/c1-3-30-17-16-28-22-15-14-20(31-4-2)18-24(22)33-26(28)27-25(29)21-12-8-9-13-23(21)32-19-10-6-5-7-11-19/h5-15,18H,3-4,16-17H2,1-2H3. The minimum absolute atomic E-state index is 0.358. The zero-order valence-electron chi connectivity index (χ0n) is 18.7. The van der Waals surface area contributed by atoms with Crippen molar-refractivity contribution in [2.75, 3.05) is 19.8 Å². The molecule has 0 N–H and O–H groups in total. The van der Waals surface area contributed by atoms with Crippen LogP contribution in [0.2, 0.25) is 0 Å². The molecule has 1 amide bonds. The van der Waals surface area contributed by atoms with Crippen molar-refractivity contribution in [1.82, 2.24) is 4.57 Å². The maximum Gasteiger partial charge on any atom is 0.283 e. The second-order valence-corrected chi connectivity index (χ2v) is 8.13. The zero-order valence-corrected chi connectivity index (χ0v) is 19.5. The van der Waals surface area contributed by atoms with E-state index in [2.05, 4.69) is 4.99 Å². The van der Waals surface area contributed by atoms with Gasteiger partial charge >= 0.3 is 0 Å². The van der Waals surface area contributed by atoms with Crippen molar-refractivity contribution >= 4 is 27.5 Å². The second kappa shape index (κ2) is 10.9. The Bertz CT molecular complexity index is 1290. The van der Waals surface area contributed by atoms with Crippen LogP contribution >= 0.6 is 11.3 Å². The van der Waals surface area contributed by atoms with Gasteiger partial charge in [0.1, 0.15) is 17.2 Å². The maximum atomic E-state index is 13.2. The monoisotopic (exact) mass is 462 g/mol. The molecule has 0 aliphatic heterocycles. The maximum absolute atomic E-state index is 13.2. The summed E-state index contributed by atoms with van der Waals surface area (Å²) in [4.78, 5) is 18.3. The molecule has 0 aliphatic carbocycles. The number of amides is 1. The largest absolute Gasteiger partial charge is 0.494 e. The SMILES string of the molecule is CCOCCn1c(=NC(=O)c2ccccc2Oc2ccccc2)sc2cc(OCC)ccc21. The highest BCUT2D eigenvalue weighted by Gasteiger charge is 2.14. The summed E-state index contributed by atoms with van der Waals surface area (Å²) in [7, 11) is 0. The van der Waals surface area contributed by atoms with E-state index in [1.165, 1.54) is 11.3 Å². The van der Waals surface area contributed by atoms with Gasteiger partial charge in [0.2, 0.25) is 0 Å². The molecule has 0 atom stereocenters. The number of carbonyl (C=O) groups excluding carboxylic acids is 1. The average molecular weight is 463 g/mol. The Kier molecular flexibility index (Phi) is 7.55. The van der Waals surface area contributed by atoms with Crippen LogP contribution in [-0.2, 0) is 11.3 Å². The summed E-state index contributed by atoms with van der Waals surface area (Å²) in [5.41, 5.74) is 1.40. The summed E-state index contributed by atoms with van der Waals surface area (Å²) in [6.07, 6.45) is 0. The lowest BCUT2D eigenvalue weighted by molar-refractivity contribution is 0.0994. The fraction of sp³-hybridized carbons (Fsp3) is 0.231. The van der Waals surface area contributed by atoms with E-state index in [1.807, 2.05) is 79.1 Å². The fourth-order valence-electron chi connectivity index (χ4n) is 3.41. The van der Waals surface area contributed by atoms with Gasteiger partial charge in [-0.2, -0.15) is 4.99 Å². The fourth-order valence-corrected chi connectivity index (χ4v) is 4.49. The number of thiazole rings is 1. The van der Waals surface area contributed by atoms with E-state index >= 15 is 0 Å². The molecule has 1 aromatic heterocycles. The molecule has 0 bridgehead atoms. The lowest BCUT2D eigenvalue weighted by atomic mass is 10.2. The number of aromatic nitrogens is 1. The van der Waals surface area contributed by atoms with E-state index in [-0.39, 0.29) is 5.91 Å². The predicted octanol–water partition coefficient (Wildman–Crippen LogP) is 5.67. The van der Waals surface area contributed by atoms with Crippen LogP contribution in [0.1, 0.15) is 24.2 Å². The summed E-state index contributed by atoms with van der Waals surface area (Å²) in [6.45, 7) is 6.26. The molecule has 3 aromatic carbocycles. The Morgan fingerprint density at radius 2 is 1.73 bits per heavy atom. The number of hydrogen-bond donors (Lipinski definition) is 0. The molecule has 0 aliphatic rings. The highest BCUT2D eigenvalue weighted by atomic mass is 32.1. The number of rotatable bonds is 9. The number of hydrogen-bond acceptors (Lipinski definition) is 5. The first-order valence-electron chi connectivity index (χ1n) is 10.9. The first-order chi connectivity index (χ1) is 16.2. The summed E-state index contributed by atoms with van der Waals surface area (Å²) in [5.74, 6) is 1.57. The van der Waals surface area contributed by atoms with Crippen molar-refractivity contribution in [3.63, 3.8) is 0 Å². The third-order valence-electron chi connectivity index (χ3n) is 4.91. The molecule has 0 unspecified atom stereocenters. The molecule has 4 rings (SSSR count). The van der Waals surface area contributed by atoms with Gasteiger partial charge in [-0.3, -0.25) is 4.79 Å². The Balaban J connectivity index is 1.73. The number of carbonyl (C=O) groups is 1. The Labute approximate surface area is 196 Å². The topological polar surface area (TPSA) is 62.1 Å². The van der Waals surface area contributed by atoms with E-state index < -0.39 is 0 Å². The van der Waals surface area contributed by atoms with Crippen LogP contribution in [0.3, 0.4) is 0 Å². The average Bonchev–Trinajstić information content (AvgIpc) is 3.16. The first-order valence-corrected chi connectivity index (χ1v) is 11.8. The normalized spacial score (nSPS) is 11.6. The van der Waals surface area contributed by atoms with Crippen LogP contribution in [0.4, 0.5) is 0 Å². The van der Waals surface area contributed by atoms with E-state index in [0.29, 0.717) is 48.2 Å². The Hall–Kier alpha value is -3.42. The van der Waals surface area contributed by atoms with Crippen LogP contribution in [0.15, 0.2) is 77.8 Å². The van der Waals surface area contributed by atoms with Gasteiger partial charge in [0.15, 0.2) is 4.80 Å². The van der Waals surface area contributed by atoms with Crippen molar-refractivity contribution in [3.8, 4) is 17.2 Å². The molecular weight excluding hydrogens is 436 g/mol. The third kappa shape index (κ3) is 5.50.